The van der Waals surface area contributed by atoms with Crippen molar-refractivity contribution < 1.29 is 9.59 Å². The van der Waals surface area contributed by atoms with Gasteiger partial charge in [-0.25, -0.2) is 4.98 Å². The number of Topliss-reactive ketones (excluding diaryl/α,β-unsaturated/α-hetero) is 1. The van der Waals surface area contributed by atoms with Crippen LogP contribution in [0.25, 0.3) is 10.2 Å². The molecule has 0 N–H and O–H groups in total. The van der Waals surface area contributed by atoms with Gasteiger partial charge in [0.15, 0.2) is 5.78 Å². The van der Waals surface area contributed by atoms with Gasteiger partial charge in [-0.3, -0.25) is 9.59 Å². The molecular formula is C20H19BrN2O2S. The fraction of sp³-hybridized carbons (Fsp3) is 0.250. The topological polar surface area (TPSA) is 50.3 Å². The summed E-state index contributed by atoms with van der Waals surface area (Å²) in [6.45, 7) is 1.96. The van der Waals surface area contributed by atoms with E-state index in [0.717, 1.165) is 19.7 Å². The Morgan fingerprint density at radius 2 is 1.81 bits per heavy atom. The van der Waals surface area contributed by atoms with E-state index in [1.54, 1.807) is 35.4 Å². The van der Waals surface area contributed by atoms with Crippen molar-refractivity contribution >= 4 is 49.2 Å². The number of aromatic nitrogens is 1. The Labute approximate surface area is 165 Å². The normalized spacial score (nSPS) is 12.1. The summed E-state index contributed by atoms with van der Waals surface area (Å²) < 4.78 is 2.04. The Morgan fingerprint density at radius 1 is 1.12 bits per heavy atom. The molecule has 3 rings (SSSR count). The fourth-order valence-electron chi connectivity index (χ4n) is 2.63. The summed E-state index contributed by atoms with van der Waals surface area (Å²) in [6.07, 6.45) is 0.401. The van der Waals surface area contributed by atoms with Crippen LogP contribution >= 0.6 is 27.3 Å². The molecule has 1 heterocycles. The van der Waals surface area contributed by atoms with Crippen LogP contribution in [-0.4, -0.2) is 28.6 Å². The van der Waals surface area contributed by atoms with E-state index < -0.39 is 0 Å². The van der Waals surface area contributed by atoms with Crippen LogP contribution in [0.1, 0.15) is 41.2 Å². The molecular weight excluding hydrogens is 412 g/mol. The van der Waals surface area contributed by atoms with E-state index in [0.29, 0.717) is 5.56 Å². The third kappa shape index (κ3) is 4.19. The number of hydrogen-bond donors (Lipinski definition) is 0. The average Bonchev–Trinajstić information content (AvgIpc) is 3.09. The monoisotopic (exact) mass is 430 g/mol. The lowest BCUT2D eigenvalue weighted by Crippen LogP contribution is -2.29. The van der Waals surface area contributed by atoms with Gasteiger partial charge in [0.05, 0.1) is 16.3 Å². The number of ketones is 1. The zero-order chi connectivity index (χ0) is 18.7. The van der Waals surface area contributed by atoms with Crippen molar-refractivity contribution in [2.75, 3.05) is 7.05 Å². The molecule has 0 radical (unpaired) electrons. The molecule has 0 saturated carbocycles. The molecule has 26 heavy (non-hydrogen) atoms. The highest BCUT2D eigenvalue weighted by atomic mass is 79.9. The summed E-state index contributed by atoms with van der Waals surface area (Å²) >= 11 is 4.95. The van der Waals surface area contributed by atoms with Crippen molar-refractivity contribution in [1.29, 1.82) is 0 Å². The van der Waals surface area contributed by atoms with E-state index in [9.17, 15) is 9.59 Å². The largest absolute Gasteiger partial charge is 0.337 e. The summed E-state index contributed by atoms with van der Waals surface area (Å²) in [5, 5.41) is 0.904. The van der Waals surface area contributed by atoms with Crippen molar-refractivity contribution in [2.24, 2.45) is 0 Å². The second kappa shape index (κ2) is 8.10. The number of amides is 1. The summed E-state index contributed by atoms with van der Waals surface area (Å²) in [7, 11) is 1.77. The van der Waals surface area contributed by atoms with Gasteiger partial charge in [-0.1, -0.05) is 40.2 Å². The van der Waals surface area contributed by atoms with Gasteiger partial charge in [-0.15, -0.1) is 11.3 Å². The Hall–Kier alpha value is -2.05. The molecule has 1 aromatic heterocycles. The zero-order valence-corrected chi connectivity index (χ0v) is 17.0. The standard InChI is InChI=1S/C20H19BrN2O2S/c1-13(20-22-16-5-3-4-6-18(16)26-20)23(2)19(25)12-11-17(24)14-7-9-15(21)10-8-14/h3-10,13H,11-12H2,1-2H3/t13-/m0/s1. The highest BCUT2D eigenvalue weighted by molar-refractivity contribution is 9.10. The molecule has 0 fully saturated rings. The smallest absolute Gasteiger partial charge is 0.223 e. The zero-order valence-electron chi connectivity index (χ0n) is 14.6. The van der Waals surface area contributed by atoms with E-state index in [1.165, 1.54) is 0 Å². The first kappa shape index (κ1) is 18.7. The lowest BCUT2D eigenvalue weighted by atomic mass is 10.1. The number of carbonyl (C=O) groups is 2. The lowest BCUT2D eigenvalue weighted by Gasteiger charge is -2.23. The van der Waals surface area contributed by atoms with Crippen LogP contribution in [0.5, 0.6) is 0 Å². The molecule has 6 heteroatoms. The molecule has 0 aliphatic carbocycles. The molecule has 134 valence electrons. The highest BCUT2D eigenvalue weighted by Gasteiger charge is 2.21. The van der Waals surface area contributed by atoms with E-state index in [4.69, 9.17) is 0 Å². The lowest BCUT2D eigenvalue weighted by molar-refractivity contribution is -0.131. The van der Waals surface area contributed by atoms with Crippen molar-refractivity contribution in [3.05, 3.63) is 63.6 Å². The molecule has 0 spiro atoms. The van der Waals surface area contributed by atoms with Crippen LogP contribution in [0.15, 0.2) is 53.0 Å². The third-order valence-electron chi connectivity index (χ3n) is 4.37. The van der Waals surface area contributed by atoms with Crippen molar-refractivity contribution in [3.63, 3.8) is 0 Å². The number of nitrogens with zero attached hydrogens (tertiary/aromatic N) is 2. The number of fused-ring (bicyclic) bond motifs is 1. The number of para-hydroxylation sites is 1. The van der Waals surface area contributed by atoms with E-state index in [1.807, 2.05) is 43.3 Å². The van der Waals surface area contributed by atoms with Crippen LogP contribution in [0.3, 0.4) is 0 Å². The van der Waals surface area contributed by atoms with Crippen LogP contribution in [0.2, 0.25) is 0 Å². The predicted molar refractivity (Wildman–Crippen MR) is 109 cm³/mol. The molecule has 0 saturated heterocycles. The van der Waals surface area contributed by atoms with Crippen molar-refractivity contribution in [3.8, 4) is 0 Å². The number of benzene rings is 2. The number of carbonyl (C=O) groups excluding carboxylic acids is 2. The fourth-order valence-corrected chi connectivity index (χ4v) is 3.95. The molecule has 0 bridgehead atoms. The second-order valence-electron chi connectivity index (χ2n) is 6.13. The van der Waals surface area contributed by atoms with Gasteiger partial charge in [-0.2, -0.15) is 0 Å². The first-order valence-electron chi connectivity index (χ1n) is 8.35. The maximum Gasteiger partial charge on any atom is 0.223 e. The Morgan fingerprint density at radius 3 is 2.50 bits per heavy atom. The number of thiazole rings is 1. The third-order valence-corrected chi connectivity index (χ3v) is 6.11. The minimum absolute atomic E-state index is 0.0214. The minimum Gasteiger partial charge on any atom is -0.337 e. The molecule has 3 aromatic rings. The number of hydrogen-bond acceptors (Lipinski definition) is 4. The van der Waals surface area contributed by atoms with Gasteiger partial charge in [0.2, 0.25) is 5.91 Å². The Balaban J connectivity index is 1.61. The van der Waals surface area contributed by atoms with Crippen LogP contribution in [0.4, 0.5) is 0 Å². The van der Waals surface area contributed by atoms with Crippen molar-refractivity contribution in [2.45, 2.75) is 25.8 Å². The quantitative estimate of drug-likeness (QED) is 0.502. The van der Waals surface area contributed by atoms with Gasteiger partial charge >= 0.3 is 0 Å². The van der Waals surface area contributed by atoms with Crippen molar-refractivity contribution in [1.82, 2.24) is 9.88 Å². The van der Waals surface area contributed by atoms with Gasteiger partial charge in [0.1, 0.15) is 5.01 Å². The van der Waals surface area contributed by atoms with Crippen LogP contribution < -0.4 is 0 Å². The van der Waals surface area contributed by atoms with Gasteiger partial charge in [-0.05, 0) is 31.2 Å². The van der Waals surface area contributed by atoms with Crippen LogP contribution in [-0.2, 0) is 4.79 Å². The van der Waals surface area contributed by atoms with Gasteiger partial charge in [0, 0.05) is 29.9 Å². The maximum atomic E-state index is 12.5. The SMILES string of the molecule is C[C@@H](c1nc2ccccc2s1)N(C)C(=O)CCC(=O)c1ccc(Br)cc1. The van der Waals surface area contributed by atoms with Crippen LogP contribution in [0, 0.1) is 0 Å². The maximum absolute atomic E-state index is 12.5. The summed E-state index contributed by atoms with van der Waals surface area (Å²) in [5.74, 6) is -0.0749. The molecule has 0 aliphatic rings. The number of halogens is 1. The Kier molecular flexibility index (Phi) is 5.84. The van der Waals surface area contributed by atoms with E-state index >= 15 is 0 Å². The summed E-state index contributed by atoms with van der Waals surface area (Å²) in [5.41, 5.74) is 1.58. The highest BCUT2D eigenvalue weighted by Crippen LogP contribution is 2.29. The molecule has 2 aromatic carbocycles. The second-order valence-corrected chi connectivity index (χ2v) is 8.11. The predicted octanol–water partition coefficient (Wildman–Crippen LogP) is 5.24. The molecule has 1 amide bonds. The molecule has 1 atom stereocenters. The molecule has 0 aliphatic heterocycles. The summed E-state index contributed by atoms with van der Waals surface area (Å²) in [6, 6.07) is 15.0. The van der Waals surface area contributed by atoms with E-state index in [2.05, 4.69) is 20.9 Å². The molecule has 0 unspecified atom stereocenters. The minimum atomic E-state index is -0.123. The van der Waals surface area contributed by atoms with Gasteiger partial charge < -0.3 is 4.90 Å². The average molecular weight is 431 g/mol. The Bertz CT molecular complexity index is 903. The first-order chi connectivity index (χ1) is 12.5. The number of rotatable bonds is 6. The summed E-state index contributed by atoms with van der Waals surface area (Å²) in [4.78, 5) is 31.0. The van der Waals surface area contributed by atoms with Gasteiger partial charge in [0.25, 0.3) is 0 Å². The molecule has 4 nitrogen and oxygen atoms in total. The van der Waals surface area contributed by atoms with E-state index in [-0.39, 0.29) is 30.6 Å². The first-order valence-corrected chi connectivity index (χ1v) is 9.96.